The molecule has 84 valence electrons. The Balaban J connectivity index is 2.39. The van der Waals surface area contributed by atoms with Crippen molar-refractivity contribution < 1.29 is 0 Å². The van der Waals surface area contributed by atoms with Crippen LogP contribution in [0.4, 0.5) is 5.82 Å². The molecule has 17 heavy (non-hydrogen) atoms. The number of benzene rings is 1. The smallest absolute Gasteiger partial charge is 0.260 e. The summed E-state index contributed by atoms with van der Waals surface area (Å²) in [5.41, 5.74) is 7.67. The second kappa shape index (κ2) is 3.48. The summed E-state index contributed by atoms with van der Waals surface area (Å²) in [7, 11) is 0. The molecule has 5 nitrogen and oxygen atoms in total. The molecule has 0 aliphatic rings. The van der Waals surface area contributed by atoms with Crippen LogP contribution in [0.1, 0.15) is 0 Å². The summed E-state index contributed by atoms with van der Waals surface area (Å²) in [6, 6.07) is 7.73. The summed E-state index contributed by atoms with van der Waals surface area (Å²) in [6.45, 7) is 0. The Morgan fingerprint density at radius 1 is 1.18 bits per heavy atom. The summed E-state index contributed by atoms with van der Waals surface area (Å²) in [5, 5.41) is 0.956. The number of nitrogens with zero attached hydrogens (tertiary/aromatic N) is 1. The van der Waals surface area contributed by atoms with Gasteiger partial charge in [-0.25, -0.2) is 4.98 Å². The molecule has 0 amide bonds. The number of nitrogen functional groups attached to an aromatic ring is 1. The van der Waals surface area contributed by atoms with Crippen molar-refractivity contribution in [3.05, 3.63) is 47.1 Å². The molecule has 0 atom stereocenters. The fourth-order valence-corrected chi connectivity index (χ4v) is 1.95. The number of hydrogen-bond acceptors (Lipinski definition) is 3. The third-order valence-corrected chi connectivity index (χ3v) is 2.74. The third kappa shape index (κ3) is 1.40. The molecule has 5 heteroatoms. The van der Waals surface area contributed by atoms with Gasteiger partial charge >= 0.3 is 0 Å². The van der Waals surface area contributed by atoms with Crippen molar-refractivity contribution in [2.45, 2.75) is 0 Å². The van der Waals surface area contributed by atoms with Gasteiger partial charge in [-0.1, -0.05) is 18.2 Å². The zero-order chi connectivity index (χ0) is 11.8. The first-order chi connectivity index (χ1) is 8.27. The second-order valence-electron chi connectivity index (χ2n) is 3.74. The number of hydrogen-bond donors (Lipinski definition) is 3. The lowest BCUT2D eigenvalue weighted by atomic mass is 10.1. The van der Waals surface area contributed by atoms with Crippen molar-refractivity contribution in [1.29, 1.82) is 0 Å². The Morgan fingerprint density at radius 3 is 2.82 bits per heavy atom. The minimum Gasteiger partial charge on any atom is -0.383 e. The van der Waals surface area contributed by atoms with E-state index in [1.54, 1.807) is 6.20 Å². The number of fused-ring (bicyclic) bond motifs is 1. The molecule has 2 heterocycles. The van der Waals surface area contributed by atoms with E-state index in [0.717, 1.165) is 16.5 Å². The van der Waals surface area contributed by atoms with Crippen LogP contribution >= 0.6 is 0 Å². The Hall–Kier alpha value is -2.56. The molecule has 2 aromatic heterocycles. The lowest BCUT2D eigenvalue weighted by molar-refractivity contribution is 1.13. The molecule has 0 spiro atoms. The number of aromatic amines is 2. The predicted octanol–water partition coefficient (Wildman–Crippen LogP) is 1.50. The van der Waals surface area contributed by atoms with Gasteiger partial charge in [0, 0.05) is 22.7 Å². The maximum absolute atomic E-state index is 11.8. The Morgan fingerprint density at radius 2 is 2.00 bits per heavy atom. The average Bonchev–Trinajstić information content (AvgIpc) is 2.73. The van der Waals surface area contributed by atoms with Gasteiger partial charge in [0.25, 0.3) is 5.56 Å². The first-order valence-corrected chi connectivity index (χ1v) is 5.17. The average molecular weight is 226 g/mol. The van der Waals surface area contributed by atoms with Gasteiger partial charge in [0.2, 0.25) is 0 Å². The second-order valence-corrected chi connectivity index (χ2v) is 3.74. The van der Waals surface area contributed by atoms with Crippen LogP contribution in [0, 0.1) is 0 Å². The molecule has 3 rings (SSSR count). The molecule has 4 N–H and O–H groups in total. The Bertz CT molecular complexity index is 741. The molecule has 0 saturated carbocycles. The van der Waals surface area contributed by atoms with Gasteiger partial charge in [0.1, 0.15) is 5.82 Å². The molecule has 3 aromatic rings. The number of nitrogens with two attached hydrogens (primary N) is 1. The van der Waals surface area contributed by atoms with E-state index in [4.69, 9.17) is 5.73 Å². The van der Waals surface area contributed by atoms with E-state index < -0.39 is 0 Å². The molecular formula is C12H10N4O. The van der Waals surface area contributed by atoms with Crippen LogP contribution in [0.25, 0.3) is 22.0 Å². The van der Waals surface area contributed by atoms with E-state index in [1.807, 2.05) is 24.3 Å². The first-order valence-electron chi connectivity index (χ1n) is 5.17. The van der Waals surface area contributed by atoms with E-state index in [9.17, 15) is 4.79 Å². The van der Waals surface area contributed by atoms with Crippen LogP contribution in [0.3, 0.4) is 0 Å². The molecule has 0 unspecified atom stereocenters. The lowest BCUT2D eigenvalue weighted by Gasteiger charge is -2.01. The summed E-state index contributed by atoms with van der Waals surface area (Å²) < 4.78 is 0. The monoisotopic (exact) mass is 226 g/mol. The highest BCUT2D eigenvalue weighted by Gasteiger charge is 2.12. The minimum absolute atomic E-state index is 0.234. The van der Waals surface area contributed by atoms with Crippen LogP contribution in [0.5, 0.6) is 0 Å². The third-order valence-electron chi connectivity index (χ3n) is 2.74. The fraction of sp³-hybridized carbons (Fsp3) is 0. The van der Waals surface area contributed by atoms with E-state index >= 15 is 0 Å². The number of anilines is 1. The highest BCUT2D eigenvalue weighted by molar-refractivity contribution is 5.97. The van der Waals surface area contributed by atoms with Crippen molar-refractivity contribution in [2.75, 3.05) is 5.73 Å². The van der Waals surface area contributed by atoms with Gasteiger partial charge in [-0.3, -0.25) is 4.79 Å². The highest BCUT2D eigenvalue weighted by Crippen LogP contribution is 2.28. The molecule has 1 aromatic carbocycles. The highest BCUT2D eigenvalue weighted by atomic mass is 16.1. The summed E-state index contributed by atoms with van der Waals surface area (Å²) in [5.74, 6) is 0.235. The molecule has 0 bridgehead atoms. The Kier molecular flexibility index (Phi) is 1.98. The van der Waals surface area contributed by atoms with Crippen LogP contribution in [0.2, 0.25) is 0 Å². The van der Waals surface area contributed by atoms with E-state index in [0.29, 0.717) is 5.56 Å². The van der Waals surface area contributed by atoms with Crippen molar-refractivity contribution in [3.8, 4) is 11.1 Å². The summed E-state index contributed by atoms with van der Waals surface area (Å²) >= 11 is 0. The van der Waals surface area contributed by atoms with Crippen LogP contribution < -0.4 is 11.3 Å². The number of rotatable bonds is 1. The zero-order valence-electron chi connectivity index (χ0n) is 8.90. The topological polar surface area (TPSA) is 87.6 Å². The quantitative estimate of drug-likeness (QED) is 0.587. The maximum atomic E-state index is 11.8. The van der Waals surface area contributed by atoms with Gasteiger partial charge in [-0.05, 0) is 6.07 Å². The first kappa shape index (κ1) is 9.65. The maximum Gasteiger partial charge on any atom is 0.260 e. The molecule has 0 aliphatic carbocycles. The number of para-hydroxylation sites is 1. The normalized spacial score (nSPS) is 10.8. The van der Waals surface area contributed by atoms with Gasteiger partial charge in [0.05, 0.1) is 11.9 Å². The Labute approximate surface area is 96.3 Å². The van der Waals surface area contributed by atoms with Gasteiger partial charge in [0.15, 0.2) is 0 Å². The van der Waals surface area contributed by atoms with Crippen molar-refractivity contribution in [3.63, 3.8) is 0 Å². The number of H-pyrrole nitrogens is 2. The van der Waals surface area contributed by atoms with Crippen molar-refractivity contribution in [2.24, 2.45) is 0 Å². The lowest BCUT2D eigenvalue weighted by Crippen LogP contribution is -2.12. The number of nitrogens with one attached hydrogen (secondary N) is 2. The summed E-state index contributed by atoms with van der Waals surface area (Å²) in [6.07, 6.45) is 3.07. The van der Waals surface area contributed by atoms with Gasteiger partial charge in [-0.15, -0.1) is 0 Å². The van der Waals surface area contributed by atoms with Crippen LogP contribution in [-0.2, 0) is 0 Å². The van der Waals surface area contributed by atoms with Crippen LogP contribution in [-0.4, -0.2) is 15.0 Å². The molecule has 0 aliphatic heterocycles. The van der Waals surface area contributed by atoms with E-state index in [1.165, 1.54) is 6.33 Å². The molecule has 0 fully saturated rings. The predicted molar refractivity (Wildman–Crippen MR) is 66.6 cm³/mol. The molecular weight excluding hydrogens is 216 g/mol. The van der Waals surface area contributed by atoms with E-state index in [-0.39, 0.29) is 11.4 Å². The van der Waals surface area contributed by atoms with Crippen molar-refractivity contribution >= 4 is 16.7 Å². The van der Waals surface area contributed by atoms with Crippen molar-refractivity contribution in [1.82, 2.24) is 15.0 Å². The minimum atomic E-state index is -0.234. The standard InChI is InChI=1S/C12H10N4O/c13-11-10(12(17)16-6-15-11)8-5-14-9-4-2-1-3-7(8)9/h1-6,14H,(H3,13,15,16,17). The van der Waals surface area contributed by atoms with Crippen LogP contribution in [0.15, 0.2) is 41.6 Å². The SMILES string of the molecule is Nc1nc[nH]c(=O)c1-c1c[nH]c2ccccc12. The van der Waals surface area contributed by atoms with Gasteiger partial charge in [-0.2, -0.15) is 0 Å². The van der Waals surface area contributed by atoms with Gasteiger partial charge < -0.3 is 15.7 Å². The molecule has 0 radical (unpaired) electrons. The molecule has 0 saturated heterocycles. The largest absolute Gasteiger partial charge is 0.383 e. The zero-order valence-corrected chi connectivity index (χ0v) is 8.90. The summed E-state index contributed by atoms with van der Waals surface area (Å²) in [4.78, 5) is 21.3. The fourth-order valence-electron chi connectivity index (χ4n) is 1.95. The number of aromatic nitrogens is 3. The van der Waals surface area contributed by atoms with E-state index in [2.05, 4.69) is 15.0 Å².